The van der Waals surface area contributed by atoms with Crippen molar-refractivity contribution >= 4 is 11.0 Å². The molecule has 0 fully saturated rings. The number of rotatable bonds is 1. The van der Waals surface area contributed by atoms with Gasteiger partial charge < -0.3 is 0 Å². The molecule has 0 N–H and O–H groups in total. The van der Waals surface area contributed by atoms with Crippen LogP contribution >= 0.6 is 0 Å². The summed E-state index contributed by atoms with van der Waals surface area (Å²) in [6.45, 7) is 1.84. The van der Waals surface area contributed by atoms with Crippen molar-refractivity contribution in [3.8, 4) is 5.95 Å². The SMILES string of the molecule is Cc1nccc2c1nnn2-c1ncc(F)cn1. The predicted octanol–water partition coefficient (Wildman–Crippen LogP) is 1.05. The number of nitrogens with zero attached hydrogens (tertiary/aromatic N) is 6. The number of aromatic nitrogens is 6. The summed E-state index contributed by atoms with van der Waals surface area (Å²) in [4.78, 5) is 11.8. The van der Waals surface area contributed by atoms with Crippen LogP contribution in [0.3, 0.4) is 0 Å². The third kappa shape index (κ3) is 1.52. The third-order valence-electron chi connectivity index (χ3n) is 2.34. The topological polar surface area (TPSA) is 69.4 Å². The summed E-state index contributed by atoms with van der Waals surface area (Å²) < 4.78 is 14.2. The van der Waals surface area contributed by atoms with Gasteiger partial charge in [0.15, 0.2) is 5.82 Å². The molecular formula is C10H7FN6. The van der Waals surface area contributed by atoms with E-state index in [9.17, 15) is 4.39 Å². The Kier molecular flexibility index (Phi) is 2.04. The lowest BCUT2D eigenvalue weighted by atomic mass is 10.3. The van der Waals surface area contributed by atoms with Crippen LogP contribution in [0.2, 0.25) is 0 Å². The quantitative estimate of drug-likeness (QED) is 0.625. The van der Waals surface area contributed by atoms with Crippen molar-refractivity contribution in [2.24, 2.45) is 0 Å². The lowest BCUT2D eigenvalue weighted by Crippen LogP contribution is -2.03. The van der Waals surface area contributed by atoms with Crippen LogP contribution in [0.4, 0.5) is 4.39 Å². The predicted molar refractivity (Wildman–Crippen MR) is 56.9 cm³/mol. The first-order valence-electron chi connectivity index (χ1n) is 4.90. The molecule has 17 heavy (non-hydrogen) atoms. The molecule has 0 aliphatic heterocycles. The van der Waals surface area contributed by atoms with E-state index in [0.717, 1.165) is 23.6 Å². The standard InChI is InChI=1S/C10H7FN6/c1-6-9-8(2-3-12-6)17(16-15-9)10-13-4-7(11)5-14-10/h2-5H,1H3. The van der Waals surface area contributed by atoms with Gasteiger partial charge in [-0.1, -0.05) is 5.21 Å². The summed E-state index contributed by atoms with van der Waals surface area (Å²) in [5, 5.41) is 7.93. The molecule has 0 aliphatic rings. The molecule has 6 nitrogen and oxygen atoms in total. The molecule has 0 saturated heterocycles. The molecule has 3 heterocycles. The maximum atomic E-state index is 12.7. The van der Waals surface area contributed by atoms with Crippen LogP contribution in [0.1, 0.15) is 5.69 Å². The van der Waals surface area contributed by atoms with Gasteiger partial charge in [0.25, 0.3) is 5.95 Å². The fourth-order valence-electron chi connectivity index (χ4n) is 1.54. The summed E-state index contributed by atoms with van der Waals surface area (Å²) in [7, 11) is 0. The highest BCUT2D eigenvalue weighted by atomic mass is 19.1. The van der Waals surface area contributed by atoms with Crippen LogP contribution in [-0.4, -0.2) is 29.9 Å². The number of pyridine rings is 1. The molecule has 0 aliphatic carbocycles. The van der Waals surface area contributed by atoms with E-state index in [1.165, 1.54) is 4.68 Å². The van der Waals surface area contributed by atoms with Gasteiger partial charge in [0.1, 0.15) is 11.0 Å². The number of hydrogen-bond donors (Lipinski definition) is 0. The van der Waals surface area contributed by atoms with Gasteiger partial charge in [-0.05, 0) is 13.0 Å². The summed E-state index contributed by atoms with van der Waals surface area (Å²) in [6.07, 6.45) is 3.83. The van der Waals surface area contributed by atoms with Gasteiger partial charge in [-0.3, -0.25) is 4.98 Å². The van der Waals surface area contributed by atoms with E-state index in [1.54, 1.807) is 12.3 Å². The fourth-order valence-corrected chi connectivity index (χ4v) is 1.54. The second-order valence-electron chi connectivity index (χ2n) is 3.47. The molecule has 0 unspecified atom stereocenters. The van der Waals surface area contributed by atoms with Crippen molar-refractivity contribution < 1.29 is 4.39 Å². The molecule has 84 valence electrons. The fraction of sp³-hybridized carbons (Fsp3) is 0.100. The highest BCUT2D eigenvalue weighted by molar-refractivity contribution is 5.77. The van der Waals surface area contributed by atoms with Crippen LogP contribution < -0.4 is 0 Å². The molecule has 0 bridgehead atoms. The van der Waals surface area contributed by atoms with E-state index in [1.807, 2.05) is 6.92 Å². The first kappa shape index (κ1) is 9.76. The molecule has 0 radical (unpaired) electrons. The van der Waals surface area contributed by atoms with Crippen molar-refractivity contribution in [3.63, 3.8) is 0 Å². The molecule has 3 rings (SSSR count). The van der Waals surface area contributed by atoms with Crippen LogP contribution in [0.15, 0.2) is 24.7 Å². The van der Waals surface area contributed by atoms with Gasteiger partial charge in [0.05, 0.1) is 18.1 Å². The van der Waals surface area contributed by atoms with Gasteiger partial charge in [-0.2, -0.15) is 4.68 Å². The lowest BCUT2D eigenvalue weighted by Gasteiger charge is -1.99. The second kappa shape index (κ2) is 3.55. The Bertz CT molecular complexity index is 675. The number of fused-ring (bicyclic) bond motifs is 1. The Hall–Kier alpha value is -2.44. The molecule has 3 aromatic heterocycles. The summed E-state index contributed by atoms with van der Waals surface area (Å²) in [5.74, 6) is -0.212. The number of hydrogen-bond acceptors (Lipinski definition) is 5. The normalized spacial score (nSPS) is 10.9. The van der Waals surface area contributed by atoms with E-state index < -0.39 is 5.82 Å². The lowest BCUT2D eigenvalue weighted by molar-refractivity contribution is 0.608. The van der Waals surface area contributed by atoms with Crippen LogP contribution in [0, 0.1) is 12.7 Å². The summed E-state index contributed by atoms with van der Waals surface area (Å²) >= 11 is 0. The molecule has 0 aromatic carbocycles. The Morgan fingerprint density at radius 2 is 1.94 bits per heavy atom. The second-order valence-corrected chi connectivity index (χ2v) is 3.47. The highest BCUT2D eigenvalue weighted by Crippen LogP contribution is 2.14. The maximum absolute atomic E-state index is 12.7. The van der Waals surface area contributed by atoms with Gasteiger partial charge in [0.2, 0.25) is 0 Å². The molecule has 7 heteroatoms. The number of halogens is 1. The molecule has 0 atom stereocenters. The zero-order valence-corrected chi connectivity index (χ0v) is 8.87. The van der Waals surface area contributed by atoms with E-state index in [0.29, 0.717) is 5.52 Å². The average molecular weight is 230 g/mol. The van der Waals surface area contributed by atoms with E-state index in [2.05, 4.69) is 25.3 Å². The van der Waals surface area contributed by atoms with Gasteiger partial charge in [-0.25, -0.2) is 14.4 Å². The molecule has 0 saturated carbocycles. The Balaban J connectivity index is 2.24. The largest absolute Gasteiger partial charge is 0.259 e. The maximum Gasteiger partial charge on any atom is 0.252 e. The zero-order valence-electron chi connectivity index (χ0n) is 8.87. The van der Waals surface area contributed by atoms with Crippen molar-refractivity contribution in [2.75, 3.05) is 0 Å². The van der Waals surface area contributed by atoms with Gasteiger partial charge in [0, 0.05) is 6.20 Å². The highest BCUT2D eigenvalue weighted by Gasteiger charge is 2.10. The molecule has 0 amide bonds. The molecule has 0 spiro atoms. The van der Waals surface area contributed by atoms with Crippen molar-refractivity contribution in [1.29, 1.82) is 0 Å². The van der Waals surface area contributed by atoms with Crippen LogP contribution in [-0.2, 0) is 0 Å². The minimum absolute atomic E-state index is 0.277. The Labute approximate surface area is 95.2 Å². The van der Waals surface area contributed by atoms with E-state index in [-0.39, 0.29) is 5.95 Å². The Morgan fingerprint density at radius 1 is 1.18 bits per heavy atom. The average Bonchev–Trinajstić information content (AvgIpc) is 2.75. The van der Waals surface area contributed by atoms with Crippen LogP contribution in [0.5, 0.6) is 0 Å². The number of aryl methyl sites for hydroxylation is 1. The smallest absolute Gasteiger partial charge is 0.252 e. The zero-order chi connectivity index (χ0) is 11.8. The van der Waals surface area contributed by atoms with Crippen molar-refractivity contribution in [1.82, 2.24) is 29.9 Å². The monoisotopic (exact) mass is 230 g/mol. The molecular weight excluding hydrogens is 223 g/mol. The summed E-state index contributed by atoms with van der Waals surface area (Å²) in [6, 6.07) is 1.76. The first-order chi connectivity index (χ1) is 8.25. The van der Waals surface area contributed by atoms with Gasteiger partial charge in [-0.15, -0.1) is 5.10 Å². The van der Waals surface area contributed by atoms with E-state index >= 15 is 0 Å². The Morgan fingerprint density at radius 3 is 2.71 bits per heavy atom. The first-order valence-corrected chi connectivity index (χ1v) is 4.90. The minimum atomic E-state index is -0.490. The van der Waals surface area contributed by atoms with Crippen molar-refractivity contribution in [2.45, 2.75) is 6.92 Å². The molecule has 3 aromatic rings. The van der Waals surface area contributed by atoms with Crippen molar-refractivity contribution in [3.05, 3.63) is 36.2 Å². The van der Waals surface area contributed by atoms with Crippen LogP contribution in [0.25, 0.3) is 17.0 Å². The third-order valence-corrected chi connectivity index (χ3v) is 2.34. The van der Waals surface area contributed by atoms with E-state index in [4.69, 9.17) is 0 Å². The summed E-state index contributed by atoms with van der Waals surface area (Å²) in [5.41, 5.74) is 2.19. The minimum Gasteiger partial charge on any atom is -0.259 e. The van der Waals surface area contributed by atoms with Gasteiger partial charge >= 0.3 is 0 Å².